The van der Waals surface area contributed by atoms with Crippen molar-refractivity contribution in [2.24, 2.45) is 0 Å². The first-order valence-corrected chi connectivity index (χ1v) is 12.1. The number of hydrogen-bond acceptors (Lipinski definition) is 7. The van der Waals surface area contributed by atoms with Gasteiger partial charge in [0.2, 0.25) is 6.79 Å². The van der Waals surface area contributed by atoms with E-state index in [1.165, 1.54) is 4.90 Å². The molecular formula is C28H27N3O5. The molecule has 3 aliphatic rings. The van der Waals surface area contributed by atoms with Crippen LogP contribution in [0.25, 0.3) is 10.9 Å². The molecule has 0 fully saturated rings. The summed E-state index contributed by atoms with van der Waals surface area (Å²) in [6.45, 7) is 5.85. The average Bonchev–Trinajstić information content (AvgIpc) is 3.30. The number of fused-ring (bicyclic) bond motifs is 3. The average molecular weight is 486 g/mol. The number of nitrogens with one attached hydrogen (secondary N) is 1. The number of hydrogen-bond donors (Lipinski definition) is 1. The smallest absolute Gasteiger partial charge is 0.417 e. The minimum atomic E-state index is -0.695. The lowest BCUT2D eigenvalue weighted by Crippen LogP contribution is -2.47. The van der Waals surface area contributed by atoms with Gasteiger partial charge in [0.15, 0.2) is 11.5 Å². The summed E-state index contributed by atoms with van der Waals surface area (Å²) >= 11 is 0. The normalized spacial score (nSPS) is 18.6. The summed E-state index contributed by atoms with van der Waals surface area (Å²) in [5, 5.41) is 4.51. The van der Waals surface area contributed by atoms with Crippen molar-refractivity contribution in [3.8, 4) is 11.5 Å². The Morgan fingerprint density at radius 1 is 1.17 bits per heavy atom. The number of carbonyl (C=O) groups excluding carboxylic acids is 2. The molecule has 1 aromatic heterocycles. The van der Waals surface area contributed by atoms with E-state index in [4.69, 9.17) is 14.2 Å². The lowest BCUT2D eigenvalue weighted by atomic mass is 9.78. The first kappa shape index (κ1) is 22.4. The van der Waals surface area contributed by atoms with Gasteiger partial charge in [0.25, 0.3) is 5.91 Å². The molecule has 1 N–H and O–H groups in total. The molecule has 184 valence electrons. The maximum absolute atomic E-state index is 13.8. The summed E-state index contributed by atoms with van der Waals surface area (Å²) in [6, 6.07) is 13.9. The van der Waals surface area contributed by atoms with Gasteiger partial charge in [-0.1, -0.05) is 12.1 Å². The zero-order valence-corrected chi connectivity index (χ0v) is 20.5. The molecule has 0 saturated heterocycles. The Bertz CT molecular complexity index is 1440. The molecule has 2 amide bonds. The van der Waals surface area contributed by atoms with Crippen molar-refractivity contribution in [2.45, 2.75) is 45.1 Å². The Hall–Kier alpha value is -4.07. The van der Waals surface area contributed by atoms with Crippen LogP contribution in [-0.2, 0) is 16.0 Å². The van der Waals surface area contributed by atoms with Gasteiger partial charge in [0.1, 0.15) is 5.60 Å². The SMILES string of the molecule is CC(C)(C)OC(=O)N1CCC2=C(C1=O)C(Cc1ccc3c(c1)OCO3)c1cc3ncccc3cc1N2. The van der Waals surface area contributed by atoms with E-state index in [-0.39, 0.29) is 25.2 Å². The number of carbonyl (C=O) groups is 2. The van der Waals surface area contributed by atoms with Gasteiger partial charge in [0, 0.05) is 47.4 Å². The van der Waals surface area contributed by atoms with E-state index in [0.717, 1.165) is 33.4 Å². The summed E-state index contributed by atoms with van der Waals surface area (Å²) < 4.78 is 16.6. The lowest BCUT2D eigenvalue weighted by molar-refractivity contribution is -0.127. The third kappa shape index (κ3) is 3.92. The van der Waals surface area contributed by atoms with Crippen molar-refractivity contribution in [1.29, 1.82) is 0 Å². The Labute approximate surface area is 208 Å². The maximum Gasteiger partial charge on any atom is 0.417 e. The minimum absolute atomic E-state index is 0.200. The number of benzene rings is 2. The second-order valence-electron chi connectivity index (χ2n) is 10.3. The van der Waals surface area contributed by atoms with Crippen molar-refractivity contribution in [2.75, 3.05) is 18.7 Å². The van der Waals surface area contributed by atoms with E-state index in [1.54, 1.807) is 27.0 Å². The van der Waals surface area contributed by atoms with Crippen LogP contribution in [0.3, 0.4) is 0 Å². The van der Waals surface area contributed by atoms with Crippen molar-refractivity contribution in [3.63, 3.8) is 0 Å². The monoisotopic (exact) mass is 485 g/mol. The summed E-state index contributed by atoms with van der Waals surface area (Å²) in [5.41, 5.74) is 4.53. The Morgan fingerprint density at radius 3 is 2.83 bits per heavy atom. The van der Waals surface area contributed by atoms with Gasteiger partial charge in [-0.25, -0.2) is 9.69 Å². The Kier molecular flexibility index (Phi) is 5.14. The highest BCUT2D eigenvalue weighted by molar-refractivity contribution is 6.06. The Balaban J connectivity index is 1.43. The number of ether oxygens (including phenoxy) is 3. The van der Waals surface area contributed by atoms with E-state index in [1.807, 2.05) is 36.4 Å². The fraction of sp³-hybridized carbons (Fsp3) is 0.321. The molecule has 3 aliphatic heterocycles. The van der Waals surface area contributed by atoms with Gasteiger partial charge >= 0.3 is 6.09 Å². The van der Waals surface area contributed by atoms with Gasteiger partial charge in [-0.3, -0.25) is 9.78 Å². The minimum Gasteiger partial charge on any atom is -0.454 e. The standard InChI is InChI=1S/C28H27N3O5/c1-28(2,3)36-27(33)31-10-8-20-25(26(31)32)19(11-16-6-7-23-24(12-16)35-15-34-23)18-14-21-17(5-4-9-29-21)13-22(18)30-20/h4-7,9,12-14,19,30H,8,10-11,15H2,1-3H3. The highest BCUT2D eigenvalue weighted by atomic mass is 16.7. The predicted octanol–water partition coefficient (Wildman–Crippen LogP) is 5.14. The molecule has 0 saturated carbocycles. The molecule has 0 spiro atoms. The zero-order valence-electron chi connectivity index (χ0n) is 20.5. The summed E-state index contributed by atoms with van der Waals surface area (Å²) in [6.07, 6.45) is 2.23. The second kappa shape index (κ2) is 8.26. The van der Waals surface area contributed by atoms with Gasteiger partial charge in [-0.2, -0.15) is 0 Å². The molecule has 4 heterocycles. The fourth-order valence-electron chi connectivity index (χ4n) is 5.08. The molecule has 2 aromatic carbocycles. The maximum atomic E-state index is 13.8. The quantitative estimate of drug-likeness (QED) is 0.538. The molecule has 8 heteroatoms. The van der Waals surface area contributed by atoms with Crippen LogP contribution in [0.4, 0.5) is 10.5 Å². The molecule has 1 unspecified atom stereocenters. The van der Waals surface area contributed by atoms with E-state index in [0.29, 0.717) is 29.9 Å². The highest BCUT2D eigenvalue weighted by Crippen LogP contribution is 2.45. The fourth-order valence-corrected chi connectivity index (χ4v) is 5.08. The van der Waals surface area contributed by atoms with Crippen molar-refractivity contribution < 1.29 is 23.8 Å². The molecule has 36 heavy (non-hydrogen) atoms. The summed E-state index contributed by atoms with van der Waals surface area (Å²) in [5.74, 6) is 0.807. The predicted molar refractivity (Wildman–Crippen MR) is 134 cm³/mol. The molecule has 8 nitrogen and oxygen atoms in total. The van der Waals surface area contributed by atoms with Crippen LogP contribution in [0.1, 0.15) is 44.2 Å². The number of pyridine rings is 1. The number of anilines is 1. The van der Waals surface area contributed by atoms with Crippen LogP contribution in [0.2, 0.25) is 0 Å². The number of aromatic nitrogens is 1. The van der Waals surface area contributed by atoms with Crippen LogP contribution in [0.5, 0.6) is 11.5 Å². The van der Waals surface area contributed by atoms with Gasteiger partial charge in [-0.05, 0) is 68.7 Å². The van der Waals surface area contributed by atoms with E-state index in [2.05, 4.69) is 16.4 Å². The number of nitrogens with zero attached hydrogens (tertiary/aromatic N) is 2. The van der Waals surface area contributed by atoms with E-state index >= 15 is 0 Å². The third-order valence-corrected chi connectivity index (χ3v) is 6.66. The third-order valence-electron chi connectivity index (χ3n) is 6.66. The van der Waals surface area contributed by atoms with Crippen LogP contribution in [-0.4, -0.2) is 40.8 Å². The second-order valence-corrected chi connectivity index (χ2v) is 10.3. The summed E-state index contributed by atoms with van der Waals surface area (Å²) in [4.78, 5) is 32.5. The molecule has 6 rings (SSSR count). The molecule has 0 bridgehead atoms. The number of amides is 2. The van der Waals surface area contributed by atoms with E-state index < -0.39 is 11.7 Å². The van der Waals surface area contributed by atoms with Crippen molar-refractivity contribution in [3.05, 3.63) is 71.1 Å². The number of imide groups is 1. The van der Waals surface area contributed by atoms with Gasteiger partial charge < -0.3 is 19.5 Å². The topological polar surface area (TPSA) is 90.0 Å². The summed E-state index contributed by atoms with van der Waals surface area (Å²) in [7, 11) is 0. The molecule has 3 aromatic rings. The number of rotatable bonds is 2. The molecule has 0 radical (unpaired) electrons. The molecular weight excluding hydrogens is 458 g/mol. The van der Waals surface area contributed by atoms with Crippen LogP contribution >= 0.6 is 0 Å². The van der Waals surface area contributed by atoms with Crippen LogP contribution in [0.15, 0.2) is 59.9 Å². The largest absolute Gasteiger partial charge is 0.454 e. The Morgan fingerprint density at radius 2 is 2.00 bits per heavy atom. The first-order chi connectivity index (χ1) is 17.3. The van der Waals surface area contributed by atoms with E-state index in [9.17, 15) is 9.59 Å². The molecule has 0 aliphatic carbocycles. The molecule has 1 atom stereocenters. The van der Waals surface area contributed by atoms with Crippen molar-refractivity contribution >= 4 is 28.6 Å². The van der Waals surface area contributed by atoms with Gasteiger partial charge in [0.05, 0.1) is 5.52 Å². The van der Waals surface area contributed by atoms with Crippen LogP contribution in [0, 0.1) is 0 Å². The van der Waals surface area contributed by atoms with Gasteiger partial charge in [-0.15, -0.1) is 0 Å². The highest BCUT2D eigenvalue weighted by Gasteiger charge is 2.41. The zero-order chi connectivity index (χ0) is 25.0. The first-order valence-electron chi connectivity index (χ1n) is 12.1. The van der Waals surface area contributed by atoms with Crippen molar-refractivity contribution in [1.82, 2.24) is 9.88 Å². The van der Waals surface area contributed by atoms with Crippen LogP contribution < -0.4 is 14.8 Å². The lowest BCUT2D eigenvalue weighted by Gasteiger charge is -2.38.